The van der Waals surface area contributed by atoms with Gasteiger partial charge in [0.15, 0.2) is 11.9 Å². The van der Waals surface area contributed by atoms with Gasteiger partial charge in [-0.25, -0.2) is 9.79 Å². The van der Waals surface area contributed by atoms with Crippen LogP contribution in [0.1, 0.15) is 44.9 Å². The lowest BCUT2D eigenvalue weighted by molar-refractivity contribution is -0.125. The van der Waals surface area contributed by atoms with Gasteiger partial charge in [-0.05, 0) is 38.1 Å². The molecule has 2 rings (SSSR count). The van der Waals surface area contributed by atoms with E-state index in [1.54, 1.807) is 0 Å². The number of amides is 1. The third-order valence-electron chi connectivity index (χ3n) is 4.54. The first-order chi connectivity index (χ1) is 10.5. The summed E-state index contributed by atoms with van der Waals surface area (Å²) in [6.45, 7) is 0.722. The van der Waals surface area contributed by atoms with Gasteiger partial charge >= 0.3 is 0 Å². The molecule has 1 atom stereocenters. The highest BCUT2D eigenvalue weighted by atomic mass is 31.2. The van der Waals surface area contributed by atoms with Gasteiger partial charge in [-0.1, -0.05) is 19.3 Å². The van der Waals surface area contributed by atoms with Crippen LogP contribution in [0.4, 0.5) is 0 Å². The average Bonchev–Trinajstić information content (AvgIpc) is 2.99. The molecule has 2 fully saturated rings. The van der Waals surface area contributed by atoms with Crippen molar-refractivity contribution in [3.05, 3.63) is 0 Å². The van der Waals surface area contributed by atoms with Crippen LogP contribution in [0.5, 0.6) is 0 Å². The van der Waals surface area contributed by atoms with Crippen molar-refractivity contribution in [2.75, 3.05) is 25.4 Å². The summed E-state index contributed by atoms with van der Waals surface area (Å²) in [5.41, 5.74) is 0. The summed E-state index contributed by atoms with van der Waals surface area (Å²) in [5, 5.41) is 5.66. The minimum absolute atomic E-state index is 0.107. The molecule has 0 aromatic rings. The van der Waals surface area contributed by atoms with Crippen molar-refractivity contribution in [2.24, 2.45) is 5.92 Å². The molecule has 1 saturated carbocycles. The van der Waals surface area contributed by atoms with E-state index in [0.29, 0.717) is 12.1 Å². The number of carbonyl (C=O) groups is 2. The molecule has 0 radical (unpaired) electrons. The van der Waals surface area contributed by atoms with Gasteiger partial charge in [0, 0.05) is 0 Å². The topological polar surface area (TPSA) is 98.7 Å². The number of rotatable bonds is 7. The molecule has 1 aliphatic heterocycles. The molecule has 1 aliphatic carbocycles. The summed E-state index contributed by atoms with van der Waals surface area (Å²) in [6, 6.07) is -0.210. The maximum atomic E-state index is 11.9. The SMILES string of the molecule is O=C(CNC(=O)C1CCCN1)C[P+](O)(O)CC1CCCCC1. The number of carbonyl (C=O) groups excluding carboxylic acids is 2. The molecule has 126 valence electrons. The monoisotopic (exact) mass is 331 g/mol. The molecule has 22 heavy (non-hydrogen) atoms. The molecule has 1 saturated heterocycles. The zero-order valence-electron chi connectivity index (χ0n) is 13.1. The predicted octanol–water partition coefficient (Wildman–Crippen LogP) is 0.836. The Bertz CT molecular complexity index is 391. The van der Waals surface area contributed by atoms with Crippen molar-refractivity contribution >= 4 is 19.4 Å². The first kappa shape index (κ1) is 17.8. The minimum Gasteiger partial charge on any atom is -0.348 e. The molecule has 7 heteroatoms. The third-order valence-corrected chi connectivity index (χ3v) is 6.50. The van der Waals surface area contributed by atoms with Crippen LogP contribution in [-0.4, -0.2) is 52.9 Å². The van der Waals surface area contributed by atoms with E-state index in [1.165, 1.54) is 6.42 Å². The molecule has 0 aromatic heterocycles. The molecule has 6 nitrogen and oxygen atoms in total. The Balaban J connectivity index is 1.69. The van der Waals surface area contributed by atoms with E-state index in [2.05, 4.69) is 10.6 Å². The second kappa shape index (κ2) is 8.34. The van der Waals surface area contributed by atoms with Crippen LogP contribution < -0.4 is 10.6 Å². The molecule has 4 N–H and O–H groups in total. The largest absolute Gasteiger partial charge is 0.348 e. The lowest BCUT2D eigenvalue weighted by Gasteiger charge is -2.23. The molecular formula is C15H28N2O4P+. The van der Waals surface area contributed by atoms with Gasteiger partial charge < -0.3 is 10.6 Å². The first-order valence-corrected chi connectivity index (χ1v) is 10.4. The number of hydrogen-bond acceptors (Lipinski definition) is 5. The summed E-state index contributed by atoms with van der Waals surface area (Å²) < 4.78 is 0. The number of nitrogens with one attached hydrogen (secondary N) is 2. The van der Waals surface area contributed by atoms with Crippen LogP contribution in [0.2, 0.25) is 0 Å². The molecule has 1 unspecified atom stereocenters. The molecule has 2 aliphatic rings. The van der Waals surface area contributed by atoms with Gasteiger partial charge in [-0.15, -0.1) is 0 Å². The van der Waals surface area contributed by atoms with Crippen LogP contribution in [0, 0.1) is 5.92 Å². The highest BCUT2D eigenvalue weighted by Gasteiger charge is 2.39. The van der Waals surface area contributed by atoms with Crippen molar-refractivity contribution < 1.29 is 19.4 Å². The summed E-state index contributed by atoms with van der Waals surface area (Å²) >= 11 is 0. The smallest absolute Gasteiger partial charge is 0.275 e. The number of hydrogen-bond donors (Lipinski definition) is 4. The molecular weight excluding hydrogens is 303 g/mol. The van der Waals surface area contributed by atoms with E-state index < -0.39 is 7.72 Å². The van der Waals surface area contributed by atoms with E-state index in [1.807, 2.05) is 0 Å². The van der Waals surface area contributed by atoms with Gasteiger partial charge in [0.25, 0.3) is 7.72 Å². The van der Waals surface area contributed by atoms with Gasteiger partial charge in [0.05, 0.1) is 12.6 Å². The van der Waals surface area contributed by atoms with Crippen LogP contribution in [0.3, 0.4) is 0 Å². The van der Waals surface area contributed by atoms with E-state index in [4.69, 9.17) is 0 Å². The van der Waals surface area contributed by atoms with Crippen LogP contribution in [0.25, 0.3) is 0 Å². The van der Waals surface area contributed by atoms with E-state index in [9.17, 15) is 19.4 Å². The number of Topliss-reactive ketones (excluding diaryl/α,β-unsaturated/α-hetero) is 1. The Morgan fingerprint density at radius 3 is 2.45 bits per heavy atom. The highest BCUT2D eigenvalue weighted by molar-refractivity contribution is 7.65. The average molecular weight is 331 g/mol. The fourth-order valence-electron chi connectivity index (χ4n) is 3.40. The quantitative estimate of drug-likeness (QED) is 0.518. The normalized spacial score (nSPS) is 23.5. The van der Waals surface area contributed by atoms with Crippen molar-refractivity contribution in [2.45, 2.75) is 51.0 Å². The van der Waals surface area contributed by atoms with Gasteiger partial charge in [-0.3, -0.25) is 9.59 Å². The predicted molar refractivity (Wildman–Crippen MR) is 86.7 cm³/mol. The lowest BCUT2D eigenvalue weighted by atomic mass is 9.91. The van der Waals surface area contributed by atoms with Crippen molar-refractivity contribution in [3.8, 4) is 0 Å². The maximum Gasteiger partial charge on any atom is 0.275 e. The van der Waals surface area contributed by atoms with E-state index >= 15 is 0 Å². The zero-order chi connectivity index (χ0) is 16.0. The van der Waals surface area contributed by atoms with Crippen LogP contribution >= 0.6 is 7.72 Å². The Morgan fingerprint density at radius 2 is 1.82 bits per heavy atom. The van der Waals surface area contributed by atoms with Gasteiger partial charge in [0.2, 0.25) is 5.91 Å². The van der Waals surface area contributed by atoms with Crippen molar-refractivity contribution in [1.29, 1.82) is 0 Å². The Morgan fingerprint density at radius 1 is 1.09 bits per heavy atom. The summed E-state index contributed by atoms with van der Waals surface area (Å²) in [7, 11) is -3.17. The Hall–Kier alpha value is -0.550. The fraction of sp³-hybridized carbons (Fsp3) is 0.867. The van der Waals surface area contributed by atoms with Crippen molar-refractivity contribution in [3.63, 3.8) is 0 Å². The summed E-state index contributed by atoms with van der Waals surface area (Å²) in [5.74, 6) is -0.124. The lowest BCUT2D eigenvalue weighted by Crippen LogP contribution is -2.43. The number of ketones is 1. The van der Waals surface area contributed by atoms with Gasteiger partial charge in [0.1, 0.15) is 6.16 Å². The highest BCUT2D eigenvalue weighted by Crippen LogP contribution is 2.52. The summed E-state index contributed by atoms with van der Waals surface area (Å²) in [4.78, 5) is 44.0. The zero-order valence-corrected chi connectivity index (χ0v) is 14.0. The molecule has 0 bridgehead atoms. The molecule has 0 spiro atoms. The van der Waals surface area contributed by atoms with E-state index in [-0.39, 0.29) is 30.4 Å². The maximum absolute atomic E-state index is 11.9. The molecule has 1 heterocycles. The summed E-state index contributed by atoms with van der Waals surface area (Å²) in [6.07, 6.45) is 7.47. The molecule has 1 amide bonds. The van der Waals surface area contributed by atoms with Gasteiger partial charge in [-0.2, -0.15) is 0 Å². The fourth-order valence-corrected chi connectivity index (χ4v) is 5.40. The van der Waals surface area contributed by atoms with E-state index in [0.717, 1.165) is 45.1 Å². The Kier molecular flexibility index (Phi) is 6.75. The first-order valence-electron chi connectivity index (χ1n) is 8.32. The van der Waals surface area contributed by atoms with Crippen molar-refractivity contribution in [1.82, 2.24) is 10.6 Å². The second-order valence-corrected chi connectivity index (χ2v) is 9.07. The second-order valence-electron chi connectivity index (χ2n) is 6.63. The Labute approximate surface area is 132 Å². The standard InChI is InChI=1S/C15H27N2O4P/c18-13(9-17-15(19)14-7-4-8-16-14)11-22(20,21)10-12-5-2-1-3-6-12/h12,14,16,20-21H,1-11H2/p+1. The minimum atomic E-state index is -3.17. The van der Waals surface area contributed by atoms with Crippen LogP contribution in [0.15, 0.2) is 0 Å². The third kappa shape index (κ3) is 5.92. The van der Waals surface area contributed by atoms with Crippen LogP contribution in [-0.2, 0) is 9.59 Å². The molecule has 0 aromatic carbocycles.